The summed E-state index contributed by atoms with van der Waals surface area (Å²) in [6.45, 7) is 2.59. The average molecular weight is 404 g/mol. The van der Waals surface area contributed by atoms with Crippen LogP contribution in [0.2, 0.25) is 0 Å². The molecule has 1 aliphatic heterocycles. The molecule has 2 aromatic carbocycles. The summed E-state index contributed by atoms with van der Waals surface area (Å²) < 4.78 is 32.4. The summed E-state index contributed by atoms with van der Waals surface area (Å²) in [5.74, 6) is -0.753. The molecule has 8 nitrogen and oxygen atoms in total. The lowest BCUT2D eigenvalue weighted by molar-refractivity contribution is -0.384. The lowest BCUT2D eigenvalue weighted by Gasteiger charge is -2.26. The third kappa shape index (κ3) is 4.20. The number of esters is 1. The van der Waals surface area contributed by atoms with Crippen LogP contribution < -0.4 is 4.74 Å². The lowest BCUT2D eigenvalue weighted by atomic mass is 10.1. The molecule has 0 amide bonds. The number of hydrogen-bond acceptors (Lipinski definition) is 6. The molecule has 28 heavy (non-hydrogen) atoms. The molecular weight excluding hydrogens is 384 g/mol. The Morgan fingerprint density at radius 2 is 1.82 bits per heavy atom. The highest BCUT2D eigenvalue weighted by Crippen LogP contribution is 2.25. The maximum atomic E-state index is 12.9. The average Bonchev–Trinajstić information content (AvgIpc) is 2.69. The number of piperidine rings is 1. The van der Waals surface area contributed by atoms with E-state index in [0.717, 1.165) is 25.3 Å². The van der Waals surface area contributed by atoms with Gasteiger partial charge in [0.1, 0.15) is 5.75 Å². The van der Waals surface area contributed by atoms with E-state index in [9.17, 15) is 23.3 Å². The smallest absolute Gasteiger partial charge is 0.343 e. The number of carbonyl (C=O) groups is 1. The van der Waals surface area contributed by atoms with Gasteiger partial charge in [-0.05, 0) is 43.5 Å². The number of rotatable bonds is 5. The van der Waals surface area contributed by atoms with Crippen molar-refractivity contribution in [2.75, 3.05) is 13.1 Å². The molecule has 1 heterocycles. The van der Waals surface area contributed by atoms with Crippen LogP contribution in [0.25, 0.3) is 0 Å². The van der Waals surface area contributed by atoms with E-state index >= 15 is 0 Å². The number of sulfonamides is 1. The zero-order valence-electron chi connectivity index (χ0n) is 15.3. The molecule has 0 aromatic heterocycles. The van der Waals surface area contributed by atoms with Crippen molar-refractivity contribution in [3.05, 3.63) is 63.7 Å². The molecule has 3 rings (SSSR count). The summed E-state index contributed by atoms with van der Waals surface area (Å²) in [6, 6.07) is 9.60. The first-order valence-corrected chi connectivity index (χ1v) is 10.3. The van der Waals surface area contributed by atoms with Crippen LogP contribution in [0.3, 0.4) is 0 Å². The van der Waals surface area contributed by atoms with E-state index < -0.39 is 20.9 Å². The first-order valence-electron chi connectivity index (χ1n) is 8.86. The summed E-state index contributed by atoms with van der Waals surface area (Å²) in [7, 11) is -3.69. The number of nitrogens with zero attached hydrogens (tertiary/aromatic N) is 2. The molecule has 0 N–H and O–H groups in total. The number of ether oxygens (including phenoxy) is 1. The number of benzene rings is 2. The van der Waals surface area contributed by atoms with Gasteiger partial charge in [0.2, 0.25) is 10.0 Å². The summed E-state index contributed by atoms with van der Waals surface area (Å²) in [5, 5.41) is 10.9. The van der Waals surface area contributed by atoms with Gasteiger partial charge in [0.25, 0.3) is 5.69 Å². The second-order valence-electron chi connectivity index (χ2n) is 6.59. The minimum Gasteiger partial charge on any atom is -0.423 e. The zero-order valence-corrected chi connectivity index (χ0v) is 16.1. The van der Waals surface area contributed by atoms with E-state index in [1.165, 1.54) is 34.6 Å². The van der Waals surface area contributed by atoms with Crippen LogP contribution in [0.4, 0.5) is 5.69 Å². The van der Waals surface area contributed by atoms with Crippen LogP contribution >= 0.6 is 0 Å². The Bertz CT molecular complexity index is 1010. The molecule has 0 aliphatic carbocycles. The minimum atomic E-state index is -3.69. The summed E-state index contributed by atoms with van der Waals surface area (Å²) in [6.07, 6.45) is 2.63. The van der Waals surface area contributed by atoms with E-state index in [1.807, 2.05) is 0 Å². The van der Waals surface area contributed by atoms with Gasteiger partial charge in [-0.3, -0.25) is 10.1 Å². The molecular formula is C19H20N2O6S. The van der Waals surface area contributed by atoms with E-state index in [2.05, 4.69) is 0 Å². The van der Waals surface area contributed by atoms with Crippen molar-refractivity contribution in [2.24, 2.45) is 0 Å². The summed E-state index contributed by atoms with van der Waals surface area (Å²) in [5.41, 5.74) is 0.445. The van der Waals surface area contributed by atoms with E-state index in [1.54, 1.807) is 13.0 Å². The Labute approximate surface area is 162 Å². The standard InChI is InChI=1S/C19H20N2O6S/c1-14-8-9-17(28(25,26)20-10-3-2-4-11-20)13-18(14)19(22)27-16-7-5-6-15(12-16)21(23)24/h5-9,12-13H,2-4,10-11H2,1H3. The fourth-order valence-corrected chi connectivity index (χ4v) is 4.60. The number of nitro benzene ring substituents is 1. The Morgan fingerprint density at radius 1 is 1.11 bits per heavy atom. The van der Waals surface area contributed by atoms with Crippen molar-refractivity contribution >= 4 is 21.7 Å². The van der Waals surface area contributed by atoms with Crippen molar-refractivity contribution < 1.29 is 22.9 Å². The van der Waals surface area contributed by atoms with Crippen LogP contribution in [0.1, 0.15) is 35.2 Å². The van der Waals surface area contributed by atoms with Crippen LogP contribution in [-0.4, -0.2) is 36.7 Å². The SMILES string of the molecule is Cc1ccc(S(=O)(=O)N2CCCCC2)cc1C(=O)Oc1cccc([N+](=O)[O-])c1. The van der Waals surface area contributed by atoms with Crippen molar-refractivity contribution in [3.63, 3.8) is 0 Å². The van der Waals surface area contributed by atoms with Gasteiger partial charge in [0, 0.05) is 19.2 Å². The molecule has 0 unspecified atom stereocenters. The van der Waals surface area contributed by atoms with Crippen LogP contribution in [-0.2, 0) is 10.0 Å². The van der Waals surface area contributed by atoms with Crippen molar-refractivity contribution in [3.8, 4) is 5.75 Å². The van der Waals surface area contributed by atoms with Gasteiger partial charge in [0.05, 0.1) is 21.4 Å². The molecule has 1 fully saturated rings. The molecule has 2 aromatic rings. The van der Waals surface area contributed by atoms with Crippen molar-refractivity contribution in [1.82, 2.24) is 4.31 Å². The van der Waals surface area contributed by atoms with Crippen molar-refractivity contribution in [2.45, 2.75) is 31.1 Å². The predicted molar refractivity (Wildman–Crippen MR) is 102 cm³/mol. The molecule has 0 radical (unpaired) electrons. The number of hydrogen-bond donors (Lipinski definition) is 0. The van der Waals surface area contributed by atoms with Gasteiger partial charge in [-0.25, -0.2) is 13.2 Å². The van der Waals surface area contributed by atoms with Gasteiger partial charge < -0.3 is 4.74 Å². The van der Waals surface area contributed by atoms with E-state index in [4.69, 9.17) is 4.74 Å². The largest absolute Gasteiger partial charge is 0.423 e. The molecule has 0 saturated carbocycles. The number of carbonyl (C=O) groups excluding carboxylic acids is 1. The van der Waals surface area contributed by atoms with Gasteiger partial charge in [0.15, 0.2) is 0 Å². The van der Waals surface area contributed by atoms with E-state index in [-0.39, 0.29) is 21.9 Å². The van der Waals surface area contributed by atoms with Crippen molar-refractivity contribution in [1.29, 1.82) is 0 Å². The second kappa shape index (κ2) is 8.07. The first-order chi connectivity index (χ1) is 13.3. The monoisotopic (exact) mass is 404 g/mol. The highest BCUT2D eigenvalue weighted by molar-refractivity contribution is 7.89. The summed E-state index contributed by atoms with van der Waals surface area (Å²) >= 11 is 0. The van der Waals surface area contributed by atoms with Crippen LogP contribution in [0.15, 0.2) is 47.4 Å². The molecule has 1 saturated heterocycles. The molecule has 9 heteroatoms. The maximum absolute atomic E-state index is 12.9. The van der Waals surface area contributed by atoms with Gasteiger partial charge in [-0.1, -0.05) is 18.6 Å². The summed E-state index contributed by atoms with van der Waals surface area (Å²) in [4.78, 5) is 22.9. The topological polar surface area (TPSA) is 107 Å². The minimum absolute atomic E-state index is 0.0166. The number of aryl methyl sites for hydroxylation is 1. The Kier molecular flexibility index (Phi) is 5.76. The Hall–Kier alpha value is -2.78. The van der Waals surface area contributed by atoms with Gasteiger partial charge in [-0.15, -0.1) is 0 Å². The predicted octanol–water partition coefficient (Wildman–Crippen LogP) is 3.30. The number of nitro groups is 1. The highest BCUT2D eigenvalue weighted by Gasteiger charge is 2.27. The van der Waals surface area contributed by atoms with Gasteiger partial charge in [-0.2, -0.15) is 4.31 Å². The fraction of sp³-hybridized carbons (Fsp3) is 0.316. The fourth-order valence-electron chi connectivity index (χ4n) is 3.06. The molecule has 0 bridgehead atoms. The quantitative estimate of drug-likeness (QED) is 0.328. The maximum Gasteiger partial charge on any atom is 0.343 e. The molecule has 1 aliphatic rings. The third-order valence-electron chi connectivity index (χ3n) is 4.62. The Balaban J connectivity index is 1.88. The van der Waals surface area contributed by atoms with Crippen LogP contribution in [0.5, 0.6) is 5.75 Å². The number of non-ortho nitro benzene ring substituents is 1. The van der Waals surface area contributed by atoms with Gasteiger partial charge >= 0.3 is 5.97 Å². The first kappa shape index (κ1) is 20.0. The Morgan fingerprint density at radius 3 is 2.50 bits per heavy atom. The van der Waals surface area contributed by atoms with Crippen LogP contribution in [0, 0.1) is 17.0 Å². The molecule has 0 spiro atoms. The second-order valence-corrected chi connectivity index (χ2v) is 8.52. The molecule has 0 atom stereocenters. The molecule has 148 valence electrons. The zero-order chi connectivity index (χ0) is 20.3. The third-order valence-corrected chi connectivity index (χ3v) is 6.52. The normalized spacial score (nSPS) is 15.2. The van der Waals surface area contributed by atoms with E-state index in [0.29, 0.717) is 18.7 Å². The lowest BCUT2D eigenvalue weighted by Crippen LogP contribution is -2.35. The highest BCUT2D eigenvalue weighted by atomic mass is 32.2.